The SMILES string of the molecule is COC(=O)c1ccc([C@@H]2C(C(=O)OCC(C)C)=C(C)N=c3s/c(=C/c4ccc(C)cc4)c(=O)n32)cc1. The molecular formula is C28H28N2O5S. The third kappa shape index (κ3) is 5.09. The molecule has 1 aliphatic rings. The number of hydrogen-bond donors (Lipinski definition) is 0. The lowest BCUT2D eigenvalue weighted by Gasteiger charge is -2.25. The van der Waals surface area contributed by atoms with E-state index in [1.807, 2.05) is 51.1 Å². The van der Waals surface area contributed by atoms with Crippen LogP contribution in [0, 0.1) is 12.8 Å². The van der Waals surface area contributed by atoms with Crippen LogP contribution in [-0.2, 0) is 14.3 Å². The minimum Gasteiger partial charge on any atom is -0.465 e. The van der Waals surface area contributed by atoms with Crippen molar-refractivity contribution in [2.75, 3.05) is 13.7 Å². The number of carbonyl (C=O) groups excluding carboxylic acids is 2. The first kappa shape index (κ1) is 25.3. The summed E-state index contributed by atoms with van der Waals surface area (Å²) in [6, 6.07) is 13.8. The molecule has 0 fully saturated rings. The van der Waals surface area contributed by atoms with Gasteiger partial charge in [0.25, 0.3) is 5.56 Å². The molecule has 0 amide bonds. The van der Waals surface area contributed by atoms with Gasteiger partial charge in [0.2, 0.25) is 0 Å². The van der Waals surface area contributed by atoms with E-state index in [0.717, 1.165) is 11.1 Å². The average Bonchev–Trinajstić information content (AvgIpc) is 3.16. The Morgan fingerprint density at radius 1 is 1.06 bits per heavy atom. The van der Waals surface area contributed by atoms with E-state index in [-0.39, 0.29) is 18.1 Å². The second kappa shape index (κ2) is 10.5. The van der Waals surface area contributed by atoms with Gasteiger partial charge in [0.05, 0.1) is 41.1 Å². The van der Waals surface area contributed by atoms with Crippen LogP contribution in [0.3, 0.4) is 0 Å². The van der Waals surface area contributed by atoms with Crippen molar-refractivity contribution in [3.63, 3.8) is 0 Å². The fraction of sp³-hybridized carbons (Fsp3) is 0.286. The van der Waals surface area contributed by atoms with Crippen LogP contribution in [0.5, 0.6) is 0 Å². The Morgan fingerprint density at radius 2 is 1.72 bits per heavy atom. The van der Waals surface area contributed by atoms with Gasteiger partial charge in [0.1, 0.15) is 0 Å². The van der Waals surface area contributed by atoms with Gasteiger partial charge >= 0.3 is 11.9 Å². The van der Waals surface area contributed by atoms with Crippen LogP contribution in [0.2, 0.25) is 0 Å². The second-order valence-corrected chi connectivity index (χ2v) is 10.1. The van der Waals surface area contributed by atoms with Crippen LogP contribution >= 0.6 is 11.3 Å². The molecule has 1 aromatic heterocycles. The lowest BCUT2D eigenvalue weighted by Crippen LogP contribution is -2.40. The van der Waals surface area contributed by atoms with Gasteiger partial charge in [0.15, 0.2) is 4.80 Å². The van der Waals surface area contributed by atoms with Crippen LogP contribution in [0.1, 0.15) is 53.9 Å². The van der Waals surface area contributed by atoms with Crippen LogP contribution < -0.4 is 14.9 Å². The number of methoxy groups -OCH3 is 1. The van der Waals surface area contributed by atoms with Gasteiger partial charge in [-0.2, -0.15) is 0 Å². The molecule has 8 heteroatoms. The van der Waals surface area contributed by atoms with E-state index in [1.54, 1.807) is 31.2 Å². The fourth-order valence-corrected chi connectivity index (χ4v) is 5.00. The first-order chi connectivity index (χ1) is 17.2. The molecule has 1 atom stereocenters. The van der Waals surface area contributed by atoms with Gasteiger partial charge in [-0.25, -0.2) is 14.6 Å². The molecule has 36 heavy (non-hydrogen) atoms. The maximum absolute atomic E-state index is 13.7. The Hall–Kier alpha value is -3.78. The Bertz CT molecular complexity index is 1510. The quantitative estimate of drug-likeness (QED) is 0.480. The van der Waals surface area contributed by atoms with E-state index in [0.29, 0.717) is 31.7 Å². The van der Waals surface area contributed by atoms with E-state index < -0.39 is 18.0 Å². The predicted octanol–water partition coefficient (Wildman–Crippen LogP) is 3.53. The highest BCUT2D eigenvalue weighted by molar-refractivity contribution is 7.07. The summed E-state index contributed by atoms with van der Waals surface area (Å²) in [5.74, 6) is -0.824. The van der Waals surface area contributed by atoms with E-state index in [9.17, 15) is 14.4 Å². The standard InChI is InChI=1S/C28H28N2O5S/c1-16(2)15-35-27(33)23-18(4)29-28-30(24(23)20-10-12-21(13-11-20)26(32)34-5)25(31)22(36-28)14-19-8-6-17(3)7-9-19/h6-14,16,24H,15H2,1-5H3/b22-14+/t24-/m1/s1. The summed E-state index contributed by atoms with van der Waals surface area (Å²) < 4.78 is 12.4. The molecule has 0 aliphatic carbocycles. The number of esters is 2. The average molecular weight is 505 g/mol. The third-order valence-corrected chi connectivity index (χ3v) is 6.79. The van der Waals surface area contributed by atoms with E-state index in [1.165, 1.54) is 23.0 Å². The number of ether oxygens (including phenoxy) is 2. The zero-order valence-electron chi connectivity index (χ0n) is 20.9. The summed E-state index contributed by atoms with van der Waals surface area (Å²) in [5, 5.41) is 0. The Balaban J connectivity index is 1.88. The normalized spacial score (nSPS) is 15.5. The molecule has 1 aliphatic heterocycles. The molecule has 0 saturated heterocycles. The first-order valence-electron chi connectivity index (χ1n) is 11.6. The zero-order valence-corrected chi connectivity index (χ0v) is 21.7. The number of fused-ring (bicyclic) bond motifs is 1. The van der Waals surface area contributed by atoms with Gasteiger partial charge in [-0.3, -0.25) is 9.36 Å². The number of rotatable bonds is 6. The van der Waals surface area contributed by atoms with Crippen molar-refractivity contribution in [3.05, 3.63) is 102 Å². The molecule has 0 radical (unpaired) electrons. The molecule has 0 N–H and O–H groups in total. The Kier molecular flexibility index (Phi) is 7.35. The number of carbonyl (C=O) groups is 2. The van der Waals surface area contributed by atoms with E-state index in [2.05, 4.69) is 4.99 Å². The van der Waals surface area contributed by atoms with Crippen molar-refractivity contribution in [2.45, 2.75) is 33.7 Å². The monoisotopic (exact) mass is 504 g/mol. The van der Waals surface area contributed by atoms with E-state index in [4.69, 9.17) is 9.47 Å². The minimum atomic E-state index is -0.743. The van der Waals surface area contributed by atoms with Crippen molar-refractivity contribution in [1.29, 1.82) is 0 Å². The molecule has 7 nitrogen and oxygen atoms in total. The number of nitrogens with zero attached hydrogens (tertiary/aromatic N) is 2. The molecule has 0 saturated carbocycles. The minimum absolute atomic E-state index is 0.156. The smallest absolute Gasteiger partial charge is 0.338 e. The van der Waals surface area contributed by atoms with Crippen LogP contribution in [0.15, 0.2) is 69.6 Å². The molecule has 2 aromatic carbocycles. The van der Waals surface area contributed by atoms with Gasteiger partial charge in [-0.05, 0) is 49.1 Å². The van der Waals surface area contributed by atoms with Gasteiger partial charge in [-0.1, -0.05) is 67.1 Å². The molecule has 0 unspecified atom stereocenters. The van der Waals surface area contributed by atoms with Crippen LogP contribution in [0.4, 0.5) is 0 Å². The molecule has 186 valence electrons. The number of benzene rings is 2. The topological polar surface area (TPSA) is 87.0 Å². The predicted molar refractivity (Wildman–Crippen MR) is 139 cm³/mol. The highest BCUT2D eigenvalue weighted by Gasteiger charge is 2.33. The first-order valence-corrected chi connectivity index (χ1v) is 12.5. The van der Waals surface area contributed by atoms with Crippen molar-refractivity contribution < 1.29 is 19.1 Å². The summed E-state index contributed by atoms with van der Waals surface area (Å²) >= 11 is 1.27. The largest absolute Gasteiger partial charge is 0.465 e. The fourth-order valence-electron chi connectivity index (χ4n) is 3.95. The summed E-state index contributed by atoms with van der Waals surface area (Å²) in [4.78, 5) is 44.0. The summed E-state index contributed by atoms with van der Waals surface area (Å²) in [7, 11) is 1.32. The summed E-state index contributed by atoms with van der Waals surface area (Å²) in [6.45, 7) is 7.92. The van der Waals surface area contributed by atoms with Crippen LogP contribution in [0.25, 0.3) is 6.08 Å². The highest BCUT2D eigenvalue weighted by atomic mass is 32.1. The lowest BCUT2D eigenvalue weighted by molar-refractivity contribution is -0.140. The highest BCUT2D eigenvalue weighted by Crippen LogP contribution is 2.31. The molecule has 0 bridgehead atoms. The lowest BCUT2D eigenvalue weighted by atomic mass is 9.95. The third-order valence-electron chi connectivity index (χ3n) is 5.81. The summed E-state index contributed by atoms with van der Waals surface area (Å²) in [5.41, 5.74) is 3.61. The van der Waals surface area contributed by atoms with Crippen LogP contribution in [-0.4, -0.2) is 30.2 Å². The maximum Gasteiger partial charge on any atom is 0.338 e. The van der Waals surface area contributed by atoms with Crippen molar-refractivity contribution in [3.8, 4) is 0 Å². The number of hydrogen-bond acceptors (Lipinski definition) is 7. The molecule has 2 heterocycles. The number of allylic oxidation sites excluding steroid dienone is 1. The Morgan fingerprint density at radius 3 is 2.33 bits per heavy atom. The van der Waals surface area contributed by atoms with Crippen molar-refractivity contribution in [2.24, 2.45) is 10.9 Å². The summed E-state index contributed by atoms with van der Waals surface area (Å²) in [6.07, 6.45) is 1.83. The molecular weight excluding hydrogens is 476 g/mol. The maximum atomic E-state index is 13.7. The van der Waals surface area contributed by atoms with Crippen molar-refractivity contribution in [1.82, 2.24) is 4.57 Å². The Labute approximate surface area is 213 Å². The molecule has 3 aromatic rings. The number of thiazole rings is 1. The number of aryl methyl sites for hydroxylation is 1. The second-order valence-electron chi connectivity index (χ2n) is 9.10. The molecule has 0 spiro atoms. The van der Waals surface area contributed by atoms with E-state index >= 15 is 0 Å². The van der Waals surface area contributed by atoms with Crippen molar-refractivity contribution >= 4 is 29.4 Å². The van der Waals surface area contributed by atoms with Gasteiger partial charge < -0.3 is 9.47 Å². The molecule has 4 rings (SSSR count). The van der Waals surface area contributed by atoms with Gasteiger partial charge in [-0.15, -0.1) is 0 Å². The van der Waals surface area contributed by atoms with Gasteiger partial charge in [0, 0.05) is 0 Å². The zero-order chi connectivity index (χ0) is 26.0. The number of aromatic nitrogens is 1.